The second kappa shape index (κ2) is 9.05. The van der Waals surface area contributed by atoms with Gasteiger partial charge < -0.3 is 19.5 Å². The number of nitrogens with one attached hydrogen (secondary N) is 1. The maximum absolute atomic E-state index is 12.8. The number of aryl methyl sites for hydroxylation is 1. The van der Waals surface area contributed by atoms with Crippen LogP contribution in [0.3, 0.4) is 0 Å². The first kappa shape index (κ1) is 22.3. The summed E-state index contributed by atoms with van der Waals surface area (Å²) in [6.07, 6.45) is 1.85. The number of fused-ring (bicyclic) bond motifs is 1. The van der Waals surface area contributed by atoms with E-state index in [0.29, 0.717) is 28.8 Å². The van der Waals surface area contributed by atoms with Gasteiger partial charge in [0.1, 0.15) is 11.6 Å². The molecule has 0 fully saturated rings. The molecule has 1 N–H and O–H groups in total. The topological polar surface area (TPSA) is 113 Å². The lowest BCUT2D eigenvalue weighted by Gasteiger charge is -2.24. The fourth-order valence-electron chi connectivity index (χ4n) is 4.35. The van der Waals surface area contributed by atoms with Gasteiger partial charge in [-0.3, -0.25) is 4.79 Å². The zero-order chi connectivity index (χ0) is 24.5. The highest BCUT2D eigenvalue weighted by Crippen LogP contribution is 2.42. The maximum atomic E-state index is 12.8. The molecule has 2 aromatic heterocycles. The number of nitrogens with zero attached hydrogens (tertiary/aromatic N) is 5. The highest BCUT2D eigenvalue weighted by Gasteiger charge is 2.33. The molecular weight excluding hydrogens is 448 g/mol. The number of anilines is 1. The van der Waals surface area contributed by atoms with Crippen LogP contribution in [0.4, 0.5) is 5.82 Å². The molecule has 10 heteroatoms. The van der Waals surface area contributed by atoms with E-state index in [4.69, 9.17) is 14.2 Å². The van der Waals surface area contributed by atoms with Crippen molar-refractivity contribution in [3.8, 4) is 34.5 Å². The summed E-state index contributed by atoms with van der Waals surface area (Å²) in [5.74, 6) is 2.36. The first-order valence-corrected chi connectivity index (χ1v) is 11.0. The lowest BCUT2D eigenvalue weighted by atomic mass is 9.85. The smallest absolute Gasteiger partial charge is 0.272 e. The first-order valence-electron chi connectivity index (χ1n) is 11.0. The van der Waals surface area contributed by atoms with Gasteiger partial charge in [-0.1, -0.05) is 18.2 Å². The number of amides is 1. The van der Waals surface area contributed by atoms with E-state index in [2.05, 4.69) is 25.6 Å². The van der Waals surface area contributed by atoms with E-state index in [1.165, 1.54) is 4.68 Å². The SMILES string of the molecule is COc1cccc(-c2cnnc(-n3nc(C)c4c3NC(=O)C[C@@H]4c3ccc(OC)c(OC)c3)n2)c1. The molecule has 178 valence electrons. The molecule has 3 heterocycles. The Bertz CT molecular complexity index is 1420. The monoisotopic (exact) mass is 472 g/mol. The molecule has 0 radical (unpaired) electrons. The van der Waals surface area contributed by atoms with Crippen LogP contribution in [-0.2, 0) is 4.79 Å². The van der Waals surface area contributed by atoms with Crippen molar-refractivity contribution in [3.63, 3.8) is 0 Å². The Labute approximate surface area is 201 Å². The second-order valence-electron chi connectivity index (χ2n) is 8.05. The largest absolute Gasteiger partial charge is 0.497 e. The summed E-state index contributed by atoms with van der Waals surface area (Å²) < 4.78 is 17.7. The number of rotatable bonds is 6. The summed E-state index contributed by atoms with van der Waals surface area (Å²) in [6.45, 7) is 1.90. The molecular formula is C25H24N6O4. The van der Waals surface area contributed by atoms with Crippen molar-refractivity contribution in [3.05, 3.63) is 65.5 Å². The van der Waals surface area contributed by atoms with Crippen molar-refractivity contribution in [1.29, 1.82) is 0 Å². The van der Waals surface area contributed by atoms with Gasteiger partial charge in [-0.25, -0.2) is 4.98 Å². The molecule has 0 saturated carbocycles. The molecule has 2 aromatic carbocycles. The highest BCUT2D eigenvalue weighted by atomic mass is 16.5. The van der Waals surface area contributed by atoms with E-state index < -0.39 is 0 Å². The zero-order valence-corrected chi connectivity index (χ0v) is 19.8. The molecule has 1 aliphatic heterocycles. The standard InChI is InChI=1S/C25H24N6O4/c1-14-23-18(15-8-9-20(34-3)21(11-15)35-4)12-22(32)28-24(23)31(30-14)25-27-19(13-26-29-25)16-6-5-7-17(10-16)33-2/h5-11,13,18H,12H2,1-4H3,(H,28,32)/t18-/m1/s1. The lowest BCUT2D eigenvalue weighted by Crippen LogP contribution is -2.25. The van der Waals surface area contributed by atoms with Gasteiger partial charge in [-0.2, -0.15) is 14.9 Å². The third kappa shape index (κ3) is 4.03. The predicted molar refractivity (Wildman–Crippen MR) is 128 cm³/mol. The third-order valence-corrected chi connectivity index (χ3v) is 6.02. The van der Waals surface area contributed by atoms with E-state index in [0.717, 1.165) is 22.4 Å². The van der Waals surface area contributed by atoms with Crippen LogP contribution in [-0.4, -0.2) is 52.2 Å². The Hall–Kier alpha value is -4.47. The van der Waals surface area contributed by atoms with E-state index in [1.807, 2.05) is 49.4 Å². The van der Waals surface area contributed by atoms with E-state index >= 15 is 0 Å². The molecule has 4 aromatic rings. The molecule has 1 amide bonds. The number of aromatic nitrogens is 5. The molecule has 0 bridgehead atoms. The molecule has 10 nitrogen and oxygen atoms in total. The van der Waals surface area contributed by atoms with E-state index in [-0.39, 0.29) is 24.2 Å². The fraction of sp³-hybridized carbons (Fsp3) is 0.240. The minimum atomic E-state index is -0.221. The number of carbonyl (C=O) groups is 1. The summed E-state index contributed by atoms with van der Waals surface area (Å²) in [7, 11) is 4.79. The predicted octanol–water partition coefficient (Wildman–Crippen LogP) is 3.53. The van der Waals surface area contributed by atoms with Crippen LogP contribution >= 0.6 is 0 Å². The van der Waals surface area contributed by atoms with Gasteiger partial charge in [-0.15, -0.1) is 5.10 Å². The van der Waals surface area contributed by atoms with Gasteiger partial charge in [0.15, 0.2) is 11.5 Å². The van der Waals surface area contributed by atoms with Gasteiger partial charge in [0.25, 0.3) is 5.95 Å². The van der Waals surface area contributed by atoms with Gasteiger partial charge in [0, 0.05) is 23.5 Å². The Morgan fingerprint density at radius 3 is 2.63 bits per heavy atom. The minimum Gasteiger partial charge on any atom is -0.497 e. The van der Waals surface area contributed by atoms with Crippen LogP contribution < -0.4 is 19.5 Å². The van der Waals surface area contributed by atoms with Crippen molar-refractivity contribution >= 4 is 11.7 Å². The molecule has 1 atom stereocenters. The van der Waals surface area contributed by atoms with Crippen molar-refractivity contribution in [1.82, 2.24) is 25.0 Å². The molecule has 0 aliphatic carbocycles. The maximum Gasteiger partial charge on any atom is 0.272 e. The number of benzene rings is 2. The van der Waals surface area contributed by atoms with Crippen molar-refractivity contribution in [2.45, 2.75) is 19.3 Å². The molecule has 1 aliphatic rings. The Balaban J connectivity index is 1.59. The van der Waals surface area contributed by atoms with E-state index in [1.54, 1.807) is 27.5 Å². The Kier molecular flexibility index (Phi) is 5.77. The average molecular weight is 473 g/mol. The van der Waals surface area contributed by atoms with Gasteiger partial charge in [-0.05, 0) is 36.8 Å². The number of hydrogen-bond acceptors (Lipinski definition) is 8. The van der Waals surface area contributed by atoms with Gasteiger partial charge in [0.05, 0.1) is 38.9 Å². The zero-order valence-electron chi connectivity index (χ0n) is 19.8. The molecule has 5 rings (SSSR count). The summed E-state index contributed by atoms with van der Waals surface area (Å²) in [4.78, 5) is 17.4. The number of carbonyl (C=O) groups excluding carboxylic acids is 1. The molecule has 0 spiro atoms. The number of hydrogen-bond donors (Lipinski definition) is 1. The van der Waals surface area contributed by atoms with Crippen LogP contribution in [0.1, 0.15) is 29.2 Å². The van der Waals surface area contributed by atoms with Crippen molar-refractivity contribution in [2.75, 3.05) is 26.6 Å². The molecule has 35 heavy (non-hydrogen) atoms. The summed E-state index contributed by atoms with van der Waals surface area (Å²) in [5.41, 5.74) is 4.01. The first-order chi connectivity index (χ1) is 17.0. The Morgan fingerprint density at radius 2 is 1.86 bits per heavy atom. The van der Waals surface area contributed by atoms with Crippen LogP contribution in [0.15, 0.2) is 48.7 Å². The lowest BCUT2D eigenvalue weighted by molar-refractivity contribution is -0.116. The fourth-order valence-corrected chi connectivity index (χ4v) is 4.35. The number of ether oxygens (including phenoxy) is 3. The molecule has 0 unspecified atom stereocenters. The van der Waals surface area contributed by atoms with Crippen LogP contribution in [0.2, 0.25) is 0 Å². The normalized spacial score (nSPS) is 14.7. The quantitative estimate of drug-likeness (QED) is 0.453. The van der Waals surface area contributed by atoms with Crippen LogP contribution in [0.25, 0.3) is 17.2 Å². The highest BCUT2D eigenvalue weighted by molar-refractivity contribution is 5.95. The second-order valence-corrected chi connectivity index (χ2v) is 8.05. The average Bonchev–Trinajstić information content (AvgIpc) is 3.23. The summed E-state index contributed by atoms with van der Waals surface area (Å²) in [5, 5.41) is 16.0. The summed E-state index contributed by atoms with van der Waals surface area (Å²) in [6, 6.07) is 13.2. The third-order valence-electron chi connectivity index (χ3n) is 6.02. The molecule has 0 saturated heterocycles. The van der Waals surface area contributed by atoms with E-state index in [9.17, 15) is 4.79 Å². The summed E-state index contributed by atoms with van der Waals surface area (Å²) >= 11 is 0. The van der Waals surface area contributed by atoms with Crippen molar-refractivity contribution < 1.29 is 19.0 Å². The van der Waals surface area contributed by atoms with Crippen molar-refractivity contribution in [2.24, 2.45) is 0 Å². The Morgan fingerprint density at radius 1 is 1.03 bits per heavy atom. The van der Waals surface area contributed by atoms with Crippen LogP contribution in [0, 0.1) is 6.92 Å². The number of methoxy groups -OCH3 is 3. The van der Waals surface area contributed by atoms with Gasteiger partial charge in [0.2, 0.25) is 5.91 Å². The minimum absolute atomic E-state index is 0.129. The van der Waals surface area contributed by atoms with Gasteiger partial charge >= 0.3 is 0 Å². The van der Waals surface area contributed by atoms with Crippen LogP contribution in [0.5, 0.6) is 17.2 Å².